The number of alkyl halides is 1. The molecule has 1 aliphatic rings. The van der Waals surface area contributed by atoms with E-state index in [2.05, 4.69) is 9.97 Å². The zero-order valence-corrected chi connectivity index (χ0v) is 18.8. The van der Waals surface area contributed by atoms with Gasteiger partial charge in [-0.15, -0.1) is 0 Å². The summed E-state index contributed by atoms with van der Waals surface area (Å²) in [5, 5.41) is -1.43. The van der Waals surface area contributed by atoms with E-state index >= 15 is 4.39 Å². The first-order valence-electron chi connectivity index (χ1n) is 10.5. The van der Waals surface area contributed by atoms with E-state index in [1.807, 2.05) is 12.1 Å². The molecule has 33 heavy (non-hydrogen) atoms. The summed E-state index contributed by atoms with van der Waals surface area (Å²) in [5.74, 6) is -1.37. The molecule has 0 bridgehead atoms. The van der Waals surface area contributed by atoms with Gasteiger partial charge in [-0.05, 0) is 60.9 Å². The number of para-hydroxylation sites is 2. The summed E-state index contributed by atoms with van der Waals surface area (Å²) >= 11 is 6.19. The van der Waals surface area contributed by atoms with Gasteiger partial charge in [-0.3, -0.25) is 0 Å². The summed E-state index contributed by atoms with van der Waals surface area (Å²) in [7, 11) is -4.50. The molecule has 2 aromatic heterocycles. The van der Waals surface area contributed by atoms with Crippen LogP contribution in [0.5, 0.6) is 0 Å². The third-order valence-corrected chi connectivity index (χ3v) is 8.83. The van der Waals surface area contributed by atoms with E-state index in [1.165, 1.54) is 12.1 Å². The molecule has 5 nitrogen and oxygen atoms in total. The number of nitrogens with one attached hydrogen (secondary N) is 1. The molecule has 6 rings (SSSR count). The number of sulfone groups is 1. The minimum absolute atomic E-state index is 0.113. The molecular weight excluding hydrogens is 463 g/mol. The molecule has 8 heteroatoms. The fourth-order valence-corrected chi connectivity index (χ4v) is 6.76. The van der Waals surface area contributed by atoms with Gasteiger partial charge >= 0.3 is 0 Å². The predicted octanol–water partition coefficient (Wildman–Crippen LogP) is 5.97. The van der Waals surface area contributed by atoms with Crippen LogP contribution in [-0.2, 0) is 27.7 Å². The molecule has 0 radical (unpaired) electrons. The number of halogens is 2. The molecule has 0 aliphatic heterocycles. The standard InChI is InChI=1S/C25H18ClFN2O3S/c26-16-10-11-20-19(14-16)18-12-15(13-22(18)28-20)25(27,33(30,31)17-6-2-1-3-7-17)24-29-21-8-4-5-9-23(21)32-24/h1-11,14-15,28H,12-13H2. The molecule has 0 spiro atoms. The van der Waals surface area contributed by atoms with E-state index in [0.717, 1.165) is 22.2 Å². The second-order valence-electron chi connectivity index (χ2n) is 8.33. The molecule has 1 N–H and O–H groups in total. The highest BCUT2D eigenvalue weighted by Gasteiger charge is 2.58. The van der Waals surface area contributed by atoms with E-state index in [-0.39, 0.29) is 17.7 Å². The van der Waals surface area contributed by atoms with Crippen LogP contribution in [0.2, 0.25) is 5.02 Å². The lowest BCUT2D eigenvalue weighted by Gasteiger charge is -2.28. The van der Waals surface area contributed by atoms with Crippen molar-refractivity contribution in [1.82, 2.24) is 9.97 Å². The Bertz CT molecular complexity index is 1590. The Balaban J connectivity index is 1.54. The summed E-state index contributed by atoms with van der Waals surface area (Å²) in [6.07, 6.45) is 0.403. The summed E-state index contributed by atoms with van der Waals surface area (Å²) in [6, 6.07) is 19.9. The summed E-state index contributed by atoms with van der Waals surface area (Å²) in [6.45, 7) is 0. The van der Waals surface area contributed by atoms with Crippen molar-refractivity contribution in [3.63, 3.8) is 0 Å². The maximum Gasteiger partial charge on any atom is 0.293 e. The van der Waals surface area contributed by atoms with E-state index in [9.17, 15) is 8.42 Å². The number of nitrogens with zero attached hydrogens (tertiary/aromatic N) is 1. The van der Waals surface area contributed by atoms with Gasteiger partial charge in [0.2, 0.25) is 15.7 Å². The number of hydrogen-bond acceptors (Lipinski definition) is 4. The molecule has 0 fully saturated rings. The Morgan fingerprint density at radius 2 is 1.79 bits per heavy atom. The summed E-state index contributed by atoms with van der Waals surface area (Å²) < 4.78 is 50.6. The van der Waals surface area contributed by atoms with Crippen LogP contribution < -0.4 is 0 Å². The monoisotopic (exact) mass is 480 g/mol. The van der Waals surface area contributed by atoms with Crippen molar-refractivity contribution in [3.8, 4) is 0 Å². The SMILES string of the molecule is O=S(=O)(c1ccccc1)C(F)(c1nc2ccccc2o1)C1Cc2[nH]c3ccc(Cl)cc3c2C1. The number of hydrogen-bond donors (Lipinski definition) is 1. The van der Waals surface area contributed by atoms with Crippen molar-refractivity contribution in [2.24, 2.45) is 5.92 Å². The lowest BCUT2D eigenvalue weighted by molar-refractivity contribution is 0.142. The van der Waals surface area contributed by atoms with Crippen molar-refractivity contribution in [3.05, 3.63) is 95.0 Å². The molecule has 0 amide bonds. The first-order chi connectivity index (χ1) is 15.9. The maximum absolute atomic E-state index is 17.3. The molecular formula is C25H18ClFN2O3S. The van der Waals surface area contributed by atoms with E-state index < -0.39 is 26.6 Å². The van der Waals surface area contributed by atoms with Gasteiger partial charge in [0.1, 0.15) is 5.52 Å². The second kappa shape index (κ2) is 7.17. The number of aromatic nitrogens is 2. The minimum Gasteiger partial charge on any atom is -0.436 e. The Morgan fingerprint density at radius 1 is 1.03 bits per heavy atom. The van der Waals surface area contributed by atoms with Gasteiger partial charge in [0, 0.05) is 27.5 Å². The summed E-state index contributed by atoms with van der Waals surface area (Å²) in [5.41, 5.74) is 3.32. The van der Waals surface area contributed by atoms with E-state index in [1.54, 1.807) is 48.5 Å². The first kappa shape index (κ1) is 20.4. The van der Waals surface area contributed by atoms with Crippen LogP contribution in [0, 0.1) is 5.92 Å². The van der Waals surface area contributed by atoms with Crippen LogP contribution >= 0.6 is 11.6 Å². The second-order valence-corrected chi connectivity index (χ2v) is 10.8. The number of fused-ring (bicyclic) bond motifs is 4. The number of oxazole rings is 1. The normalized spacial score (nSPS) is 17.9. The number of H-pyrrole nitrogens is 1. The molecule has 2 atom stereocenters. The van der Waals surface area contributed by atoms with Gasteiger partial charge in [0.05, 0.1) is 4.90 Å². The molecule has 5 aromatic rings. The van der Waals surface area contributed by atoms with Gasteiger partial charge in [0.15, 0.2) is 5.58 Å². The van der Waals surface area contributed by atoms with Crippen LogP contribution in [0.4, 0.5) is 4.39 Å². The number of benzene rings is 3. The molecule has 2 heterocycles. The molecule has 2 unspecified atom stereocenters. The van der Waals surface area contributed by atoms with Crippen molar-refractivity contribution in [2.45, 2.75) is 22.7 Å². The maximum atomic E-state index is 17.3. The number of rotatable bonds is 4. The third kappa shape index (κ3) is 2.96. The molecule has 3 aromatic carbocycles. The predicted molar refractivity (Wildman–Crippen MR) is 125 cm³/mol. The zero-order chi connectivity index (χ0) is 22.8. The van der Waals surface area contributed by atoms with Gasteiger partial charge in [0.25, 0.3) is 5.00 Å². The average molecular weight is 481 g/mol. The fourth-order valence-electron chi connectivity index (χ4n) is 4.81. The zero-order valence-electron chi connectivity index (χ0n) is 17.3. The van der Waals surface area contributed by atoms with E-state index in [0.29, 0.717) is 16.1 Å². The highest BCUT2D eigenvalue weighted by atomic mass is 35.5. The average Bonchev–Trinajstić information content (AvgIpc) is 3.52. The van der Waals surface area contributed by atoms with Crippen LogP contribution in [0.3, 0.4) is 0 Å². The van der Waals surface area contributed by atoms with Crippen LogP contribution in [0.15, 0.2) is 82.1 Å². The highest BCUT2D eigenvalue weighted by molar-refractivity contribution is 7.92. The summed E-state index contributed by atoms with van der Waals surface area (Å²) in [4.78, 5) is 7.48. The van der Waals surface area contributed by atoms with Gasteiger partial charge in [-0.1, -0.05) is 41.9 Å². The molecule has 166 valence electrons. The van der Waals surface area contributed by atoms with E-state index in [4.69, 9.17) is 16.0 Å². The smallest absolute Gasteiger partial charge is 0.293 e. The lowest BCUT2D eigenvalue weighted by Crippen LogP contribution is -2.40. The quantitative estimate of drug-likeness (QED) is 0.343. The number of aromatic amines is 1. The minimum atomic E-state index is -4.50. The van der Waals surface area contributed by atoms with Crippen molar-refractivity contribution < 1.29 is 17.2 Å². The molecule has 0 saturated heterocycles. The van der Waals surface area contributed by atoms with Crippen molar-refractivity contribution in [2.75, 3.05) is 0 Å². The van der Waals surface area contributed by atoms with Crippen molar-refractivity contribution in [1.29, 1.82) is 0 Å². The first-order valence-corrected chi connectivity index (χ1v) is 12.4. The van der Waals surface area contributed by atoms with Gasteiger partial charge < -0.3 is 9.40 Å². The highest BCUT2D eigenvalue weighted by Crippen LogP contribution is 2.50. The van der Waals surface area contributed by atoms with Crippen LogP contribution in [0.25, 0.3) is 22.0 Å². The largest absolute Gasteiger partial charge is 0.436 e. The lowest BCUT2D eigenvalue weighted by atomic mass is 9.98. The molecule has 1 aliphatic carbocycles. The topological polar surface area (TPSA) is 76.0 Å². The Morgan fingerprint density at radius 3 is 2.58 bits per heavy atom. The molecule has 0 saturated carbocycles. The van der Waals surface area contributed by atoms with Crippen LogP contribution in [-0.4, -0.2) is 18.4 Å². The van der Waals surface area contributed by atoms with Crippen LogP contribution in [0.1, 0.15) is 17.1 Å². The van der Waals surface area contributed by atoms with Crippen molar-refractivity contribution >= 4 is 43.4 Å². The Kier molecular flexibility index (Phi) is 4.44. The third-order valence-electron chi connectivity index (χ3n) is 6.41. The Labute approximate surface area is 194 Å². The van der Waals surface area contributed by atoms with Gasteiger partial charge in [-0.2, -0.15) is 0 Å². The Hall–Kier alpha value is -3.16. The fraction of sp³-hybridized carbons (Fsp3) is 0.160. The van der Waals surface area contributed by atoms with Gasteiger partial charge in [-0.25, -0.2) is 17.8 Å².